The van der Waals surface area contributed by atoms with Crippen molar-refractivity contribution in [3.8, 4) is 6.07 Å². The Balaban J connectivity index is 1.83. The van der Waals surface area contributed by atoms with Gasteiger partial charge in [0.25, 0.3) is 5.92 Å². The predicted octanol–water partition coefficient (Wildman–Crippen LogP) is 3.09. The Morgan fingerprint density at radius 2 is 1.64 bits per heavy atom. The van der Waals surface area contributed by atoms with Gasteiger partial charge in [0.1, 0.15) is 6.07 Å². The fraction of sp³-hybridized carbons (Fsp3) is 0.611. The molecule has 0 unspecified atom stereocenters. The summed E-state index contributed by atoms with van der Waals surface area (Å²) in [5, 5.41) is 9.52. The molecule has 0 spiro atoms. The minimum atomic E-state index is -2.61. The number of hydrogen-bond donors (Lipinski definition) is 0. The van der Waals surface area contributed by atoms with Gasteiger partial charge in [-0.05, 0) is 45.3 Å². The molecule has 2 aliphatic heterocycles. The number of alkyl halides is 2. The largest absolute Gasteiger partial charge is 0.494 e. The Labute approximate surface area is 147 Å². The maximum absolute atomic E-state index is 13.4. The number of nitrogens with zero attached hydrogens (tertiary/aromatic N) is 2. The van der Waals surface area contributed by atoms with Crippen LogP contribution in [0.4, 0.5) is 14.5 Å². The number of rotatable bonds is 2. The third kappa shape index (κ3) is 3.38. The highest BCUT2D eigenvalue weighted by Crippen LogP contribution is 2.37. The lowest BCUT2D eigenvalue weighted by Crippen LogP contribution is -2.41. The summed E-state index contributed by atoms with van der Waals surface area (Å²) in [6.45, 7) is 8.39. The Bertz CT molecular complexity index is 690. The maximum atomic E-state index is 13.4. The molecule has 0 N–H and O–H groups in total. The second-order valence-electron chi connectivity index (χ2n) is 7.82. The zero-order valence-corrected chi connectivity index (χ0v) is 15.1. The van der Waals surface area contributed by atoms with Crippen LogP contribution in [0.2, 0.25) is 0 Å². The lowest BCUT2D eigenvalue weighted by Gasteiger charge is -2.34. The average Bonchev–Trinajstić information content (AvgIpc) is 2.75. The molecule has 2 fully saturated rings. The summed E-state index contributed by atoms with van der Waals surface area (Å²) < 4.78 is 38.8. The van der Waals surface area contributed by atoms with Crippen LogP contribution in [-0.2, 0) is 9.31 Å². The van der Waals surface area contributed by atoms with Crippen LogP contribution in [0.1, 0.15) is 46.1 Å². The van der Waals surface area contributed by atoms with Gasteiger partial charge in [0, 0.05) is 25.9 Å². The second kappa shape index (κ2) is 5.96. The first-order valence-corrected chi connectivity index (χ1v) is 8.57. The SMILES string of the molecule is CC1(C)OB(c2ccc(N3CCC(F)(F)CC3)c(C#N)c2)OC1(C)C. The van der Waals surface area contributed by atoms with E-state index in [-0.39, 0.29) is 25.9 Å². The van der Waals surface area contributed by atoms with Crippen LogP contribution < -0.4 is 10.4 Å². The summed E-state index contributed by atoms with van der Waals surface area (Å²) in [4.78, 5) is 1.85. The van der Waals surface area contributed by atoms with Gasteiger partial charge >= 0.3 is 7.12 Å². The topological polar surface area (TPSA) is 45.5 Å². The molecule has 0 aliphatic carbocycles. The van der Waals surface area contributed by atoms with Gasteiger partial charge in [0.05, 0.1) is 22.5 Å². The molecule has 0 aromatic heterocycles. The summed E-state index contributed by atoms with van der Waals surface area (Å²) in [7, 11) is -0.545. The molecule has 1 aromatic carbocycles. The van der Waals surface area contributed by atoms with Gasteiger partial charge in [-0.1, -0.05) is 6.07 Å². The smallest absolute Gasteiger partial charge is 0.399 e. The summed E-state index contributed by atoms with van der Waals surface area (Å²) in [6, 6.07) is 7.58. The van der Waals surface area contributed by atoms with Gasteiger partial charge in [0.15, 0.2) is 0 Å². The molecule has 0 atom stereocenters. The average molecular weight is 348 g/mol. The van der Waals surface area contributed by atoms with Gasteiger partial charge in [-0.3, -0.25) is 0 Å². The van der Waals surface area contributed by atoms with Crippen molar-refractivity contribution >= 4 is 18.3 Å². The van der Waals surface area contributed by atoms with Crippen LogP contribution in [0, 0.1) is 11.3 Å². The zero-order valence-electron chi connectivity index (χ0n) is 15.1. The van der Waals surface area contributed by atoms with Crippen LogP contribution in [-0.4, -0.2) is 37.3 Å². The lowest BCUT2D eigenvalue weighted by atomic mass is 9.78. The molecule has 134 valence electrons. The minimum Gasteiger partial charge on any atom is -0.399 e. The maximum Gasteiger partial charge on any atom is 0.494 e. The minimum absolute atomic E-state index is 0.184. The number of anilines is 1. The Morgan fingerprint density at radius 1 is 1.08 bits per heavy atom. The molecule has 25 heavy (non-hydrogen) atoms. The van der Waals surface area contributed by atoms with Crippen molar-refractivity contribution in [3.63, 3.8) is 0 Å². The van der Waals surface area contributed by atoms with Gasteiger partial charge in [-0.15, -0.1) is 0 Å². The van der Waals surface area contributed by atoms with Crippen molar-refractivity contribution in [2.45, 2.75) is 57.7 Å². The van der Waals surface area contributed by atoms with E-state index in [9.17, 15) is 14.0 Å². The van der Waals surface area contributed by atoms with E-state index in [2.05, 4.69) is 6.07 Å². The molecule has 7 heteroatoms. The van der Waals surface area contributed by atoms with Crippen molar-refractivity contribution in [3.05, 3.63) is 23.8 Å². The van der Waals surface area contributed by atoms with Crippen LogP contribution in [0.3, 0.4) is 0 Å². The summed E-state index contributed by atoms with van der Waals surface area (Å²) >= 11 is 0. The van der Waals surface area contributed by atoms with Gasteiger partial charge < -0.3 is 14.2 Å². The standard InChI is InChI=1S/C18H23BF2N2O2/c1-16(2)17(3,4)25-19(24-16)14-5-6-15(13(11-14)12-22)23-9-7-18(20,21)8-10-23/h5-6,11H,7-10H2,1-4H3. The number of piperidine rings is 1. The van der Waals surface area contributed by atoms with E-state index >= 15 is 0 Å². The molecule has 0 saturated carbocycles. The summed E-state index contributed by atoms with van der Waals surface area (Å²) in [5.41, 5.74) is 1.00. The first-order chi connectivity index (χ1) is 11.5. The monoisotopic (exact) mass is 348 g/mol. The number of halogens is 2. The van der Waals surface area contributed by atoms with E-state index < -0.39 is 24.2 Å². The van der Waals surface area contributed by atoms with Crippen molar-refractivity contribution in [2.24, 2.45) is 0 Å². The van der Waals surface area contributed by atoms with Crippen molar-refractivity contribution in [1.82, 2.24) is 0 Å². The molecular formula is C18H23BF2N2O2. The molecule has 4 nitrogen and oxygen atoms in total. The Morgan fingerprint density at radius 3 is 2.16 bits per heavy atom. The van der Waals surface area contributed by atoms with Crippen LogP contribution in [0.5, 0.6) is 0 Å². The molecule has 0 radical (unpaired) electrons. The number of hydrogen-bond acceptors (Lipinski definition) is 4. The first-order valence-electron chi connectivity index (χ1n) is 8.57. The molecule has 3 rings (SSSR count). The summed E-state index contributed by atoms with van der Waals surface area (Å²) in [6.07, 6.45) is -0.367. The molecule has 1 aromatic rings. The predicted molar refractivity (Wildman–Crippen MR) is 93.3 cm³/mol. The first kappa shape index (κ1) is 18.2. The van der Waals surface area contributed by atoms with Crippen molar-refractivity contribution < 1.29 is 18.1 Å². The molecule has 0 amide bonds. The highest BCUT2D eigenvalue weighted by molar-refractivity contribution is 6.62. The highest BCUT2D eigenvalue weighted by atomic mass is 19.3. The quantitative estimate of drug-likeness (QED) is 0.771. The summed E-state index contributed by atoms with van der Waals surface area (Å²) in [5.74, 6) is -2.61. The van der Waals surface area contributed by atoms with Crippen molar-refractivity contribution in [1.29, 1.82) is 5.26 Å². The molecular weight excluding hydrogens is 325 g/mol. The fourth-order valence-electron chi connectivity index (χ4n) is 3.12. The van der Waals surface area contributed by atoms with Crippen LogP contribution >= 0.6 is 0 Å². The third-order valence-corrected chi connectivity index (χ3v) is 5.50. The van der Waals surface area contributed by atoms with E-state index in [1.807, 2.05) is 44.7 Å². The third-order valence-electron chi connectivity index (χ3n) is 5.50. The number of nitriles is 1. The van der Waals surface area contributed by atoms with Gasteiger partial charge in [-0.25, -0.2) is 8.78 Å². The fourth-order valence-corrected chi connectivity index (χ4v) is 3.12. The van der Waals surface area contributed by atoms with Gasteiger partial charge in [0.2, 0.25) is 0 Å². The van der Waals surface area contributed by atoms with E-state index in [4.69, 9.17) is 9.31 Å². The molecule has 0 bridgehead atoms. The van der Waals surface area contributed by atoms with E-state index in [1.54, 1.807) is 6.07 Å². The van der Waals surface area contributed by atoms with Gasteiger partial charge in [-0.2, -0.15) is 5.26 Å². The molecule has 2 heterocycles. The van der Waals surface area contributed by atoms with Crippen LogP contribution in [0.15, 0.2) is 18.2 Å². The number of benzene rings is 1. The zero-order chi connectivity index (χ0) is 18.5. The second-order valence-corrected chi connectivity index (χ2v) is 7.82. The van der Waals surface area contributed by atoms with E-state index in [0.717, 1.165) is 5.46 Å². The Hall–Kier alpha value is -1.65. The van der Waals surface area contributed by atoms with Crippen LogP contribution in [0.25, 0.3) is 0 Å². The highest BCUT2D eigenvalue weighted by Gasteiger charge is 2.51. The van der Waals surface area contributed by atoms with E-state index in [1.165, 1.54) is 0 Å². The molecule has 2 aliphatic rings. The van der Waals surface area contributed by atoms with E-state index in [0.29, 0.717) is 11.3 Å². The lowest BCUT2D eigenvalue weighted by molar-refractivity contribution is -0.0220. The normalized spacial score (nSPS) is 24.2. The molecule has 2 saturated heterocycles. The van der Waals surface area contributed by atoms with Crippen molar-refractivity contribution in [2.75, 3.05) is 18.0 Å². The Kier molecular flexibility index (Phi) is 4.33.